The first-order valence-corrected chi connectivity index (χ1v) is 6.56. The van der Waals surface area contributed by atoms with Crippen LogP contribution in [0.5, 0.6) is 5.75 Å². The lowest BCUT2D eigenvalue weighted by Gasteiger charge is -2.03. The second kappa shape index (κ2) is 4.97. The Labute approximate surface area is 112 Å². The van der Waals surface area contributed by atoms with Gasteiger partial charge in [-0.3, -0.25) is 0 Å². The predicted molar refractivity (Wildman–Crippen MR) is 75.8 cm³/mol. The minimum Gasteiger partial charge on any atom is -0.507 e. The van der Waals surface area contributed by atoms with Gasteiger partial charge in [0.2, 0.25) is 0 Å². The van der Waals surface area contributed by atoms with Crippen LogP contribution < -0.4 is 5.73 Å². The second-order valence-electron chi connectivity index (χ2n) is 3.28. The Kier molecular flexibility index (Phi) is 3.60. The van der Waals surface area contributed by atoms with Gasteiger partial charge in [0.05, 0.1) is 3.57 Å². The molecule has 0 radical (unpaired) electrons. The molecule has 82 valence electrons. The summed E-state index contributed by atoms with van der Waals surface area (Å²) < 4.78 is 0.860. The normalized spacial score (nSPS) is 10.3. The summed E-state index contributed by atoms with van der Waals surface area (Å²) >= 11 is 3.70. The molecular formula is C12H10INOS. The smallest absolute Gasteiger partial charge is 0.130 e. The van der Waals surface area contributed by atoms with Crippen LogP contribution in [0.3, 0.4) is 0 Å². The van der Waals surface area contributed by atoms with E-state index in [0.29, 0.717) is 5.75 Å². The van der Waals surface area contributed by atoms with Gasteiger partial charge in [0.1, 0.15) is 5.75 Å². The van der Waals surface area contributed by atoms with Gasteiger partial charge < -0.3 is 10.8 Å². The van der Waals surface area contributed by atoms with E-state index in [1.165, 1.54) is 0 Å². The van der Waals surface area contributed by atoms with Gasteiger partial charge in [-0.1, -0.05) is 11.8 Å². The first kappa shape index (κ1) is 11.6. The molecule has 2 aromatic carbocycles. The number of aromatic hydroxyl groups is 1. The largest absolute Gasteiger partial charge is 0.507 e. The number of anilines is 1. The number of halogens is 1. The Hall–Kier alpha value is -0.880. The third-order valence-corrected chi connectivity index (χ3v) is 3.94. The summed E-state index contributed by atoms with van der Waals surface area (Å²) in [6, 6.07) is 13.3. The van der Waals surface area contributed by atoms with Gasteiger partial charge in [-0.2, -0.15) is 0 Å². The first-order chi connectivity index (χ1) is 7.65. The average molecular weight is 343 g/mol. The van der Waals surface area contributed by atoms with Gasteiger partial charge in [-0.25, -0.2) is 0 Å². The van der Waals surface area contributed by atoms with E-state index in [1.807, 2.05) is 36.4 Å². The third kappa shape index (κ3) is 2.82. The molecule has 0 aliphatic rings. The van der Waals surface area contributed by atoms with Gasteiger partial charge in [0.25, 0.3) is 0 Å². The van der Waals surface area contributed by atoms with E-state index < -0.39 is 0 Å². The Bertz CT molecular complexity index is 499. The Balaban J connectivity index is 2.20. The number of phenols is 1. The highest BCUT2D eigenvalue weighted by Crippen LogP contribution is 2.32. The summed E-state index contributed by atoms with van der Waals surface area (Å²) in [7, 11) is 0. The van der Waals surface area contributed by atoms with Crippen molar-refractivity contribution in [1.82, 2.24) is 0 Å². The van der Waals surface area contributed by atoms with E-state index in [0.717, 1.165) is 19.0 Å². The monoisotopic (exact) mass is 343 g/mol. The van der Waals surface area contributed by atoms with E-state index in [4.69, 9.17) is 5.73 Å². The fraction of sp³-hybridized carbons (Fsp3) is 0. The summed E-state index contributed by atoms with van der Waals surface area (Å²) in [5.41, 5.74) is 6.37. The van der Waals surface area contributed by atoms with Crippen LogP contribution in [0.1, 0.15) is 0 Å². The number of phenolic OH excluding ortho intramolecular Hbond substituents is 1. The average Bonchev–Trinajstić information content (AvgIpc) is 2.27. The highest BCUT2D eigenvalue weighted by atomic mass is 127. The van der Waals surface area contributed by atoms with Crippen LogP contribution in [0.25, 0.3) is 0 Å². The van der Waals surface area contributed by atoms with Crippen molar-refractivity contribution >= 4 is 40.0 Å². The number of hydrogen-bond donors (Lipinski definition) is 2. The molecule has 0 heterocycles. The first-order valence-electron chi connectivity index (χ1n) is 4.67. The SMILES string of the molecule is Nc1ccc(Sc2ccc(I)c(O)c2)cc1. The van der Waals surface area contributed by atoms with Crippen molar-refractivity contribution in [3.63, 3.8) is 0 Å². The fourth-order valence-corrected chi connectivity index (χ4v) is 2.41. The molecule has 0 saturated carbocycles. The zero-order chi connectivity index (χ0) is 11.5. The molecule has 0 unspecified atom stereocenters. The molecule has 0 spiro atoms. The lowest BCUT2D eigenvalue weighted by Crippen LogP contribution is -1.82. The van der Waals surface area contributed by atoms with Gasteiger partial charge in [-0.05, 0) is 65.1 Å². The molecule has 0 aromatic heterocycles. The molecule has 4 heteroatoms. The molecular weight excluding hydrogens is 333 g/mol. The minimum absolute atomic E-state index is 0.320. The molecule has 0 aliphatic carbocycles. The quantitative estimate of drug-likeness (QED) is 0.645. The van der Waals surface area contributed by atoms with Crippen molar-refractivity contribution in [2.45, 2.75) is 9.79 Å². The summed E-state index contributed by atoms with van der Waals surface area (Å²) in [5.74, 6) is 0.320. The molecule has 2 nitrogen and oxygen atoms in total. The summed E-state index contributed by atoms with van der Waals surface area (Å²) in [4.78, 5) is 2.12. The Morgan fingerprint density at radius 2 is 1.62 bits per heavy atom. The third-order valence-electron chi connectivity index (χ3n) is 2.03. The molecule has 0 bridgehead atoms. The van der Waals surface area contributed by atoms with Crippen LogP contribution in [0.4, 0.5) is 5.69 Å². The molecule has 0 saturated heterocycles. The maximum Gasteiger partial charge on any atom is 0.130 e. The Morgan fingerprint density at radius 3 is 2.25 bits per heavy atom. The molecule has 3 N–H and O–H groups in total. The van der Waals surface area contributed by atoms with Gasteiger partial charge in [-0.15, -0.1) is 0 Å². The van der Waals surface area contributed by atoms with Crippen molar-refractivity contribution in [2.24, 2.45) is 0 Å². The molecule has 0 amide bonds. The van der Waals surface area contributed by atoms with Crippen LogP contribution in [0.15, 0.2) is 52.3 Å². The zero-order valence-electron chi connectivity index (χ0n) is 8.35. The lowest BCUT2D eigenvalue weighted by molar-refractivity contribution is 0.470. The maximum atomic E-state index is 9.58. The number of nitrogen functional groups attached to an aromatic ring is 1. The van der Waals surface area contributed by atoms with Gasteiger partial charge in [0.15, 0.2) is 0 Å². The summed E-state index contributed by atoms with van der Waals surface area (Å²) in [6.45, 7) is 0. The van der Waals surface area contributed by atoms with Gasteiger partial charge in [0, 0.05) is 15.5 Å². The molecule has 0 atom stereocenters. The molecule has 2 rings (SSSR count). The maximum absolute atomic E-state index is 9.58. The van der Waals surface area contributed by atoms with Crippen molar-refractivity contribution in [3.05, 3.63) is 46.0 Å². The number of nitrogens with two attached hydrogens (primary N) is 1. The molecule has 0 aliphatic heterocycles. The van der Waals surface area contributed by atoms with E-state index >= 15 is 0 Å². The van der Waals surface area contributed by atoms with Crippen molar-refractivity contribution < 1.29 is 5.11 Å². The van der Waals surface area contributed by atoms with Gasteiger partial charge >= 0.3 is 0 Å². The Morgan fingerprint density at radius 1 is 1.00 bits per heavy atom. The summed E-state index contributed by atoms with van der Waals surface area (Å²) in [5, 5.41) is 9.58. The zero-order valence-corrected chi connectivity index (χ0v) is 11.3. The van der Waals surface area contributed by atoms with Crippen LogP contribution in [-0.2, 0) is 0 Å². The van der Waals surface area contributed by atoms with Crippen LogP contribution >= 0.6 is 34.4 Å². The molecule has 0 fully saturated rings. The summed E-state index contributed by atoms with van der Waals surface area (Å²) in [6.07, 6.45) is 0. The van der Waals surface area contributed by atoms with E-state index in [1.54, 1.807) is 17.8 Å². The van der Waals surface area contributed by atoms with E-state index in [-0.39, 0.29) is 0 Å². The lowest BCUT2D eigenvalue weighted by atomic mass is 10.3. The number of hydrogen-bond acceptors (Lipinski definition) is 3. The number of benzene rings is 2. The van der Waals surface area contributed by atoms with Crippen LogP contribution in [-0.4, -0.2) is 5.11 Å². The standard InChI is InChI=1S/C12H10INOS/c13-11-6-5-10(7-12(11)15)16-9-3-1-8(14)2-4-9/h1-7,15H,14H2. The van der Waals surface area contributed by atoms with Crippen molar-refractivity contribution in [1.29, 1.82) is 0 Å². The van der Waals surface area contributed by atoms with Crippen LogP contribution in [0.2, 0.25) is 0 Å². The van der Waals surface area contributed by atoms with Crippen molar-refractivity contribution in [3.8, 4) is 5.75 Å². The topological polar surface area (TPSA) is 46.2 Å². The highest BCUT2D eigenvalue weighted by molar-refractivity contribution is 14.1. The number of rotatable bonds is 2. The van der Waals surface area contributed by atoms with E-state index in [2.05, 4.69) is 22.6 Å². The minimum atomic E-state index is 0.320. The molecule has 16 heavy (non-hydrogen) atoms. The van der Waals surface area contributed by atoms with Crippen molar-refractivity contribution in [2.75, 3.05) is 5.73 Å². The van der Waals surface area contributed by atoms with Crippen LogP contribution in [0, 0.1) is 3.57 Å². The predicted octanol–water partition coefficient (Wildman–Crippen LogP) is 3.73. The fourth-order valence-electron chi connectivity index (χ4n) is 1.23. The molecule has 2 aromatic rings. The second-order valence-corrected chi connectivity index (χ2v) is 5.59. The van der Waals surface area contributed by atoms with E-state index in [9.17, 15) is 5.11 Å². The highest BCUT2D eigenvalue weighted by Gasteiger charge is 2.01.